The third-order valence-corrected chi connectivity index (χ3v) is 7.27. The van der Waals surface area contributed by atoms with E-state index in [0.717, 1.165) is 16.6 Å². The van der Waals surface area contributed by atoms with Gasteiger partial charge in [-0.05, 0) is 41.8 Å². The van der Waals surface area contributed by atoms with Crippen molar-refractivity contribution in [2.24, 2.45) is 7.05 Å². The summed E-state index contributed by atoms with van der Waals surface area (Å²) in [6, 6.07) is 21.7. The molecule has 1 aromatic heterocycles. The van der Waals surface area contributed by atoms with Crippen molar-refractivity contribution in [3.8, 4) is 11.1 Å². The zero-order valence-electron chi connectivity index (χ0n) is 16.7. The predicted octanol–water partition coefficient (Wildman–Crippen LogP) is 4.83. The Morgan fingerprint density at radius 1 is 0.933 bits per heavy atom. The van der Waals surface area contributed by atoms with Crippen LogP contribution in [0.2, 0.25) is 0 Å². The van der Waals surface area contributed by atoms with Crippen molar-refractivity contribution in [3.63, 3.8) is 0 Å². The van der Waals surface area contributed by atoms with Crippen molar-refractivity contribution in [3.05, 3.63) is 89.6 Å². The van der Waals surface area contributed by atoms with Gasteiger partial charge in [-0.2, -0.15) is 0 Å². The third kappa shape index (κ3) is 3.39. The van der Waals surface area contributed by atoms with Gasteiger partial charge in [0.05, 0.1) is 16.2 Å². The Bertz CT molecular complexity index is 1370. The number of aromatic carboxylic acids is 1. The van der Waals surface area contributed by atoms with E-state index in [1.54, 1.807) is 31.2 Å². The van der Waals surface area contributed by atoms with E-state index in [0.29, 0.717) is 11.1 Å². The van der Waals surface area contributed by atoms with Crippen LogP contribution in [0.15, 0.2) is 77.7 Å². The van der Waals surface area contributed by atoms with Gasteiger partial charge in [0.1, 0.15) is 0 Å². The number of aromatic nitrogens is 1. The average Bonchev–Trinajstić information content (AvgIpc) is 2.99. The zero-order chi connectivity index (χ0) is 21.5. The van der Waals surface area contributed by atoms with Gasteiger partial charge in [-0.3, -0.25) is 0 Å². The summed E-state index contributed by atoms with van der Waals surface area (Å²) in [6.45, 7) is 1.77. The summed E-state index contributed by atoms with van der Waals surface area (Å²) in [7, 11) is -1.96. The molecule has 0 unspecified atom stereocenters. The molecule has 0 saturated carbocycles. The topological polar surface area (TPSA) is 76.4 Å². The highest BCUT2D eigenvalue weighted by Crippen LogP contribution is 2.32. The van der Waals surface area contributed by atoms with Crippen LogP contribution in [0, 0.1) is 6.92 Å². The van der Waals surface area contributed by atoms with Crippen LogP contribution in [0.4, 0.5) is 0 Å². The lowest BCUT2D eigenvalue weighted by Gasteiger charge is -2.11. The number of fused-ring (bicyclic) bond motifs is 1. The van der Waals surface area contributed by atoms with Crippen LogP contribution in [0.5, 0.6) is 0 Å². The van der Waals surface area contributed by atoms with E-state index in [9.17, 15) is 18.3 Å². The number of benzene rings is 3. The molecule has 0 atom stereocenters. The van der Waals surface area contributed by atoms with Gasteiger partial charge in [0.2, 0.25) is 0 Å². The molecule has 152 valence electrons. The SMILES string of the molecule is Cc1c(S(=O)(=O)Cc2cc(-c3ccccc3)ccc2C(=O)O)c2ccccc2n1C. The minimum absolute atomic E-state index is 0.00357. The van der Waals surface area contributed by atoms with E-state index in [2.05, 4.69) is 0 Å². The maximum absolute atomic E-state index is 13.5. The number of carbonyl (C=O) groups is 1. The number of hydrogen-bond acceptors (Lipinski definition) is 3. The number of nitrogens with zero attached hydrogens (tertiary/aromatic N) is 1. The number of rotatable bonds is 5. The van der Waals surface area contributed by atoms with Crippen LogP contribution in [-0.2, 0) is 22.6 Å². The minimum Gasteiger partial charge on any atom is -0.478 e. The molecule has 4 rings (SSSR count). The second kappa shape index (κ2) is 7.46. The summed E-state index contributed by atoms with van der Waals surface area (Å²) in [5.74, 6) is -1.53. The second-order valence-corrected chi connectivity index (χ2v) is 9.22. The molecule has 1 N–H and O–H groups in total. The van der Waals surface area contributed by atoms with Gasteiger partial charge in [0.25, 0.3) is 0 Å². The van der Waals surface area contributed by atoms with Crippen molar-refractivity contribution < 1.29 is 18.3 Å². The smallest absolute Gasteiger partial charge is 0.335 e. The van der Waals surface area contributed by atoms with E-state index in [1.807, 2.05) is 54.1 Å². The van der Waals surface area contributed by atoms with Crippen LogP contribution in [0.3, 0.4) is 0 Å². The van der Waals surface area contributed by atoms with Crippen LogP contribution in [-0.4, -0.2) is 24.1 Å². The van der Waals surface area contributed by atoms with E-state index < -0.39 is 15.8 Å². The summed E-state index contributed by atoms with van der Waals surface area (Å²) in [5.41, 5.74) is 3.40. The van der Waals surface area contributed by atoms with Gasteiger partial charge in [-0.15, -0.1) is 0 Å². The Kier molecular flexibility index (Phi) is 4.95. The first kappa shape index (κ1) is 19.9. The first-order chi connectivity index (χ1) is 14.3. The molecule has 0 aliphatic carbocycles. The lowest BCUT2D eigenvalue weighted by Crippen LogP contribution is -2.11. The second-order valence-electron chi connectivity index (χ2n) is 7.29. The summed E-state index contributed by atoms with van der Waals surface area (Å²) in [4.78, 5) is 12.0. The number of hydrogen-bond donors (Lipinski definition) is 1. The van der Waals surface area contributed by atoms with Crippen molar-refractivity contribution in [1.29, 1.82) is 0 Å². The third-order valence-electron chi connectivity index (χ3n) is 5.44. The van der Waals surface area contributed by atoms with Crippen LogP contribution < -0.4 is 0 Å². The number of aryl methyl sites for hydroxylation is 1. The van der Waals surface area contributed by atoms with Gasteiger partial charge < -0.3 is 9.67 Å². The molecule has 5 nitrogen and oxygen atoms in total. The van der Waals surface area contributed by atoms with Crippen LogP contribution in [0.1, 0.15) is 21.6 Å². The molecule has 3 aromatic carbocycles. The monoisotopic (exact) mass is 419 g/mol. The van der Waals surface area contributed by atoms with Crippen molar-refractivity contribution in [1.82, 2.24) is 4.57 Å². The number of carboxylic acids is 1. The first-order valence-electron chi connectivity index (χ1n) is 9.48. The maximum atomic E-state index is 13.5. The molecule has 0 radical (unpaired) electrons. The molecule has 0 bridgehead atoms. The molecule has 30 heavy (non-hydrogen) atoms. The average molecular weight is 420 g/mol. The highest BCUT2D eigenvalue weighted by Gasteiger charge is 2.26. The van der Waals surface area contributed by atoms with E-state index in [-0.39, 0.29) is 21.8 Å². The molecule has 0 amide bonds. The van der Waals surface area contributed by atoms with Gasteiger partial charge in [0.15, 0.2) is 9.84 Å². The fourth-order valence-electron chi connectivity index (χ4n) is 3.89. The molecule has 0 aliphatic rings. The molecule has 0 fully saturated rings. The molecule has 6 heteroatoms. The van der Waals surface area contributed by atoms with Crippen LogP contribution >= 0.6 is 0 Å². The molecule has 4 aromatic rings. The predicted molar refractivity (Wildman–Crippen MR) is 117 cm³/mol. The van der Waals surface area contributed by atoms with Crippen LogP contribution in [0.25, 0.3) is 22.0 Å². The minimum atomic E-state index is -3.79. The van der Waals surface area contributed by atoms with Gasteiger partial charge in [0, 0.05) is 23.6 Å². The molecular formula is C24H21NO4S. The fraction of sp³-hybridized carbons (Fsp3) is 0.125. The van der Waals surface area contributed by atoms with Crippen molar-refractivity contribution in [2.45, 2.75) is 17.6 Å². The summed E-state index contributed by atoms with van der Waals surface area (Å²) < 4.78 is 28.8. The van der Waals surface area contributed by atoms with Crippen molar-refractivity contribution >= 4 is 26.7 Å². The Labute approximate surface area is 175 Å². The van der Waals surface area contributed by atoms with Gasteiger partial charge in [-0.1, -0.05) is 54.6 Å². The fourth-order valence-corrected chi connectivity index (χ4v) is 5.77. The quantitative estimate of drug-likeness (QED) is 0.503. The molecule has 1 heterocycles. The van der Waals surface area contributed by atoms with Gasteiger partial charge >= 0.3 is 5.97 Å². The maximum Gasteiger partial charge on any atom is 0.335 e. The van der Waals surface area contributed by atoms with E-state index >= 15 is 0 Å². The Hall–Kier alpha value is -3.38. The molecule has 0 saturated heterocycles. The summed E-state index contributed by atoms with van der Waals surface area (Å²) in [6.07, 6.45) is 0. The number of carboxylic acid groups (broad SMARTS) is 1. The van der Waals surface area contributed by atoms with Gasteiger partial charge in [-0.25, -0.2) is 13.2 Å². The number of sulfone groups is 1. The Morgan fingerprint density at radius 2 is 1.60 bits per heavy atom. The van der Waals surface area contributed by atoms with E-state index in [4.69, 9.17) is 0 Å². The normalized spacial score (nSPS) is 11.7. The lowest BCUT2D eigenvalue weighted by molar-refractivity contribution is 0.0696. The highest BCUT2D eigenvalue weighted by atomic mass is 32.2. The lowest BCUT2D eigenvalue weighted by atomic mass is 10.00. The van der Waals surface area contributed by atoms with Crippen molar-refractivity contribution in [2.75, 3.05) is 0 Å². The first-order valence-corrected chi connectivity index (χ1v) is 11.1. The standard InChI is InChI=1S/C24H21NO4S/c1-16-23(21-10-6-7-11-22(21)25(16)2)30(28,29)15-19-14-18(12-13-20(19)24(26)27)17-8-4-3-5-9-17/h3-14H,15H2,1-2H3,(H,26,27). The zero-order valence-corrected chi connectivity index (χ0v) is 17.5. The Balaban J connectivity index is 1.86. The number of para-hydroxylation sites is 1. The summed E-state index contributed by atoms with van der Waals surface area (Å²) >= 11 is 0. The molecule has 0 aliphatic heterocycles. The highest BCUT2D eigenvalue weighted by molar-refractivity contribution is 7.91. The Morgan fingerprint density at radius 3 is 2.30 bits per heavy atom. The molecular weight excluding hydrogens is 398 g/mol. The van der Waals surface area contributed by atoms with E-state index in [1.165, 1.54) is 6.07 Å². The molecule has 0 spiro atoms. The summed E-state index contributed by atoms with van der Waals surface area (Å²) in [5, 5.41) is 10.3. The largest absolute Gasteiger partial charge is 0.478 e.